The van der Waals surface area contributed by atoms with Crippen molar-refractivity contribution in [3.05, 3.63) is 48.5 Å². The zero-order valence-corrected chi connectivity index (χ0v) is 10.4. The summed E-state index contributed by atoms with van der Waals surface area (Å²) in [5, 5.41) is 13.3. The second kappa shape index (κ2) is 4.96. The molecule has 1 aromatic carbocycles. The van der Waals surface area contributed by atoms with Crippen LogP contribution in [0.2, 0.25) is 0 Å². The Hall–Kier alpha value is -2.97. The van der Waals surface area contributed by atoms with Gasteiger partial charge in [-0.3, -0.25) is 24.5 Å². The maximum absolute atomic E-state index is 11.3. The minimum absolute atomic E-state index is 0.00447. The van der Waals surface area contributed by atoms with Gasteiger partial charge in [-0.05, 0) is 0 Å². The van der Waals surface area contributed by atoms with Gasteiger partial charge in [0, 0.05) is 31.2 Å². The molecule has 9 heteroatoms. The molecule has 0 saturated heterocycles. The number of nitro groups is 1. The van der Waals surface area contributed by atoms with Crippen molar-refractivity contribution in [2.45, 2.75) is 13.5 Å². The van der Waals surface area contributed by atoms with Crippen molar-refractivity contribution in [1.82, 2.24) is 15.3 Å². The van der Waals surface area contributed by atoms with Crippen LogP contribution in [0.4, 0.5) is 5.69 Å². The summed E-state index contributed by atoms with van der Waals surface area (Å²) in [6.07, 6.45) is 0. The molecular weight excluding hydrogens is 268 g/mol. The quantitative estimate of drug-likeness (QED) is 0.404. The van der Waals surface area contributed by atoms with Gasteiger partial charge >= 0.3 is 11.1 Å². The molecule has 1 amide bonds. The van der Waals surface area contributed by atoms with Crippen molar-refractivity contribution in [3.8, 4) is 0 Å². The maximum Gasteiger partial charge on any atom is 0.314 e. The average Bonchev–Trinajstić information content (AvgIpc) is 2.37. The number of benzene rings is 1. The van der Waals surface area contributed by atoms with E-state index in [1.165, 1.54) is 13.0 Å². The van der Waals surface area contributed by atoms with Crippen LogP contribution < -0.4 is 16.4 Å². The highest BCUT2D eigenvalue weighted by Gasteiger charge is 2.14. The van der Waals surface area contributed by atoms with Crippen molar-refractivity contribution >= 4 is 22.6 Å². The number of non-ortho nitro benzene ring substituents is 1. The Kier molecular flexibility index (Phi) is 3.34. The van der Waals surface area contributed by atoms with Crippen molar-refractivity contribution in [2.24, 2.45) is 0 Å². The molecule has 0 aliphatic heterocycles. The van der Waals surface area contributed by atoms with Crippen LogP contribution in [0.25, 0.3) is 11.0 Å². The summed E-state index contributed by atoms with van der Waals surface area (Å²) in [5.74, 6) is -0.323. The first kappa shape index (κ1) is 13.5. The van der Waals surface area contributed by atoms with E-state index in [-0.39, 0.29) is 29.2 Å². The molecule has 20 heavy (non-hydrogen) atoms. The van der Waals surface area contributed by atoms with E-state index in [2.05, 4.69) is 15.3 Å². The van der Waals surface area contributed by atoms with Crippen LogP contribution in [0.3, 0.4) is 0 Å². The van der Waals surface area contributed by atoms with Gasteiger partial charge < -0.3 is 15.3 Å². The van der Waals surface area contributed by atoms with Crippen LogP contribution in [0.1, 0.15) is 12.5 Å². The highest BCUT2D eigenvalue weighted by atomic mass is 16.6. The molecule has 0 radical (unpaired) electrons. The van der Waals surface area contributed by atoms with E-state index in [0.29, 0.717) is 5.56 Å². The highest BCUT2D eigenvalue weighted by Crippen LogP contribution is 2.21. The molecular formula is C11H10N4O5. The topological polar surface area (TPSA) is 138 Å². The number of H-pyrrole nitrogens is 2. The molecule has 3 N–H and O–H groups in total. The third kappa shape index (κ3) is 2.55. The average molecular weight is 278 g/mol. The maximum atomic E-state index is 11.3. The second-order valence-electron chi connectivity index (χ2n) is 4.10. The number of aromatic nitrogens is 2. The summed E-state index contributed by atoms with van der Waals surface area (Å²) >= 11 is 0. The first-order valence-corrected chi connectivity index (χ1v) is 5.56. The molecule has 104 valence electrons. The fourth-order valence-electron chi connectivity index (χ4n) is 1.75. The first-order valence-electron chi connectivity index (χ1n) is 5.56. The van der Waals surface area contributed by atoms with Crippen LogP contribution in [0.15, 0.2) is 21.7 Å². The summed E-state index contributed by atoms with van der Waals surface area (Å²) in [6, 6.07) is 2.37. The Morgan fingerprint density at radius 3 is 2.55 bits per heavy atom. The zero-order chi connectivity index (χ0) is 14.9. The molecule has 9 nitrogen and oxygen atoms in total. The molecule has 0 saturated carbocycles. The number of aromatic amines is 2. The molecule has 1 heterocycles. The number of nitrogens with one attached hydrogen (secondary N) is 3. The highest BCUT2D eigenvalue weighted by molar-refractivity contribution is 5.81. The fourth-order valence-corrected chi connectivity index (χ4v) is 1.75. The van der Waals surface area contributed by atoms with Gasteiger partial charge in [0.2, 0.25) is 5.91 Å². The summed E-state index contributed by atoms with van der Waals surface area (Å²) in [6.45, 7) is 1.29. The Morgan fingerprint density at radius 2 is 1.95 bits per heavy atom. The van der Waals surface area contributed by atoms with E-state index in [4.69, 9.17) is 0 Å². The Labute approximate surface area is 110 Å². The second-order valence-corrected chi connectivity index (χ2v) is 4.10. The van der Waals surface area contributed by atoms with Gasteiger partial charge in [-0.1, -0.05) is 0 Å². The number of carbonyl (C=O) groups excluding carboxylic acids is 1. The van der Waals surface area contributed by atoms with Gasteiger partial charge in [-0.25, -0.2) is 0 Å². The molecule has 0 atom stereocenters. The number of nitro benzene ring substituents is 1. The number of hydrogen-bond donors (Lipinski definition) is 3. The smallest absolute Gasteiger partial charge is 0.314 e. The van der Waals surface area contributed by atoms with Crippen molar-refractivity contribution in [1.29, 1.82) is 0 Å². The molecule has 2 rings (SSSR count). The summed E-state index contributed by atoms with van der Waals surface area (Å²) < 4.78 is 0. The number of hydrogen-bond acceptors (Lipinski definition) is 5. The van der Waals surface area contributed by atoms with Crippen LogP contribution in [-0.2, 0) is 11.3 Å². The van der Waals surface area contributed by atoms with E-state index in [9.17, 15) is 24.5 Å². The van der Waals surface area contributed by atoms with Crippen LogP contribution in [0, 0.1) is 10.1 Å². The van der Waals surface area contributed by atoms with E-state index < -0.39 is 16.0 Å². The Bertz CT molecular complexity index is 820. The van der Waals surface area contributed by atoms with Gasteiger partial charge in [-0.2, -0.15) is 0 Å². The van der Waals surface area contributed by atoms with Gasteiger partial charge in [0.05, 0.1) is 16.0 Å². The van der Waals surface area contributed by atoms with E-state index in [1.807, 2.05) is 0 Å². The van der Waals surface area contributed by atoms with E-state index in [1.54, 1.807) is 0 Å². The zero-order valence-electron chi connectivity index (χ0n) is 10.4. The lowest BCUT2D eigenvalue weighted by Crippen LogP contribution is -2.29. The molecule has 0 spiro atoms. The Balaban J connectivity index is 2.70. The SMILES string of the molecule is CC(=O)NCc1cc([N+](=O)[O-])cc2[nH]c(=O)c(=O)[nH]c12. The number of fused-ring (bicyclic) bond motifs is 1. The third-order valence-electron chi connectivity index (χ3n) is 2.64. The monoisotopic (exact) mass is 278 g/mol. The number of rotatable bonds is 3. The van der Waals surface area contributed by atoms with Crippen molar-refractivity contribution < 1.29 is 9.72 Å². The summed E-state index contributed by atoms with van der Waals surface area (Å²) in [5.41, 5.74) is -1.31. The minimum Gasteiger partial charge on any atom is -0.352 e. The lowest BCUT2D eigenvalue weighted by atomic mass is 10.1. The lowest BCUT2D eigenvalue weighted by Gasteiger charge is -2.06. The normalized spacial score (nSPS) is 10.4. The third-order valence-corrected chi connectivity index (χ3v) is 2.64. The van der Waals surface area contributed by atoms with Gasteiger partial charge in [0.1, 0.15) is 0 Å². The molecule has 0 aliphatic rings. The van der Waals surface area contributed by atoms with Gasteiger partial charge in [0.15, 0.2) is 0 Å². The Morgan fingerprint density at radius 1 is 1.30 bits per heavy atom. The number of amides is 1. The lowest BCUT2D eigenvalue weighted by molar-refractivity contribution is -0.384. The first-order chi connectivity index (χ1) is 9.38. The largest absolute Gasteiger partial charge is 0.352 e. The predicted octanol–water partition coefficient (Wildman–Crippen LogP) is -0.239. The predicted molar refractivity (Wildman–Crippen MR) is 69.4 cm³/mol. The molecule has 0 unspecified atom stereocenters. The molecule has 1 aromatic heterocycles. The number of carbonyl (C=O) groups is 1. The van der Waals surface area contributed by atoms with Gasteiger partial charge in [-0.15, -0.1) is 0 Å². The minimum atomic E-state index is -0.900. The summed E-state index contributed by atoms with van der Waals surface area (Å²) in [7, 11) is 0. The number of nitrogens with zero attached hydrogens (tertiary/aromatic N) is 1. The fraction of sp³-hybridized carbons (Fsp3) is 0.182. The molecule has 0 bridgehead atoms. The van der Waals surface area contributed by atoms with Crippen molar-refractivity contribution in [2.75, 3.05) is 0 Å². The van der Waals surface area contributed by atoms with E-state index >= 15 is 0 Å². The summed E-state index contributed by atoms with van der Waals surface area (Å²) in [4.78, 5) is 48.3. The van der Waals surface area contributed by atoms with Gasteiger partial charge in [0.25, 0.3) is 5.69 Å². The van der Waals surface area contributed by atoms with E-state index in [0.717, 1.165) is 6.07 Å². The molecule has 2 aromatic rings. The van der Waals surface area contributed by atoms with Crippen LogP contribution in [0.5, 0.6) is 0 Å². The van der Waals surface area contributed by atoms with Crippen LogP contribution in [-0.4, -0.2) is 20.8 Å². The van der Waals surface area contributed by atoms with Crippen LogP contribution >= 0.6 is 0 Å². The molecule has 0 aliphatic carbocycles. The standard InChI is InChI=1S/C11H10N4O5/c1-5(16)12-4-6-2-7(15(19)20)3-8-9(6)14-11(18)10(17)13-8/h2-3H,4H2,1H3,(H,12,16)(H,13,17)(H,14,18). The van der Waals surface area contributed by atoms with Crippen molar-refractivity contribution in [3.63, 3.8) is 0 Å². The molecule has 0 fully saturated rings.